The van der Waals surface area contributed by atoms with Crippen molar-refractivity contribution in [3.8, 4) is 22.3 Å². The molecule has 0 fully saturated rings. The van der Waals surface area contributed by atoms with Gasteiger partial charge in [0.1, 0.15) is 0 Å². The monoisotopic (exact) mass is 980 g/mol. The molecule has 9 aromatic rings. The Hall–Kier alpha value is -5.15. The van der Waals surface area contributed by atoms with Gasteiger partial charge in [-0.15, -0.1) is 0 Å². The molecule has 0 amide bonds. The van der Waals surface area contributed by atoms with Gasteiger partial charge in [0.15, 0.2) is 16.1 Å². The summed E-state index contributed by atoms with van der Waals surface area (Å²) < 4.78 is 3.25. The Kier molecular flexibility index (Phi) is 11.5. The Morgan fingerprint density at radius 2 is 0.576 bits per heavy atom. The van der Waals surface area contributed by atoms with Crippen molar-refractivity contribution in [2.24, 2.45) is 0 Å². The summed E-state index contributed by atoms with van der Waals surface area (Å²) in [5.41, 5.74) is 4.72. The topological polar surface area (TPSA) is 0 Å². The highest BCUT2D eigenvalue weighted by Gasteiger charge is 2.43. The molecule has 0 radical (unpaired) electrons. The van der Waals surface area contributed by atoms with Gasteiger partial charge in [-0.2, -0.15) is 0 Å². The molecule has 9 aromatic carbocycles. The third kappa shape index (κ3) is 7.41. The van der Waals surface area contributed by atoms with Crippen LogP contribution < -0.4 is 41.5 Å². The van der Waals surface area contributed by atoms with Gasteiger partial charge in [-0.25, -0.2) is 0 Å². The molecule has 9 rings (SSSR count). The van der Waals surface area contributed by atoms with E-state index in [1.807, 2.05) is 0 Å². The van der Waals surface area contributed by atoms with E-state index < -0.39 is 16.1 Å². The van der Waals surface area contributed by atoms with Crippen LogP contribution >= 0.6 is 47.8 Å². The summed E-state index contributed by atoms with van der Waals surface area (Å²) >= 11 is 11.8. The normalized spacial score (nSPS) is 11.6. The first kappa shape index (κ1) is 39.3. The maximum absolute atomic E-state index is 4.13. The Morgan fingerprint density at radius 3 is 1.00 bits per heavy atom. The summed E-state index contributed by atoms with van der Waals surface area (Å²) in [6.07, 6.45) is 0. The van der Waals surface area contributed by atoms with E-state index in [1.54, 1.807) is 0 Å². The van der Waals surface area contributed by atoms with E-state index in [0.29, 0.717) is 0 Å². The molecule has 0 aliphatic carbocycles. The van der Waals surface area contributed by atoms with Gasteiger partial charge in [0.25, 0.3) is 0 Å². The molecule has 0 atom stereocenters. The first-order valence-electron chi connectivity index (χ1n) is 19.7. The fourth-order valence-electron chi connectivity index (χ4n) is 8.98. The van der Waals surface area contributed by atoms with Crippen LogP contribution in [0.4, 0.5) is 0 Å². The minimum Gasteiger partial charge on any atom is -0.0623 e. The molecular formula is C54H39Br3Si2. The van der Waals surface area contributed by atoms with Crippen LogP contribution in [0, 0.1) is 0 Å². The zero-order valence-electron chi connectivity index (χ0n) is 32.2. The maximum atomic E-state index is 4.13. The van der Waals surface area contributed by atoms with E-state index in [0.717, 1.165) is 19.0 Å². The second-order valence-corrected chi connectivity index (χ2v) is 25.1. The minimum atomic E-state index is -2.73. The predicted octanol–water partition coefficient (Wildman–Crippen LogP) is 10.1. The van der Waals surface area contributed by atoms with Crippen molar-refractivity contribution in [1.82, 2.24) is 0 Å². The third-order valence-corrected chi connectivity index (χ3v) is 22.7. The third-order valence-electron chi connectivity index (χ3n) is 11.5. The maximum Gasteiger partial charge on any atom is 0.179 e. The summed E-state index contributed by atoms with van der Waals surface area (Å²) in [6.45, 7) is 0. The van der Waals surface area contributed by atoms with E-state index in [-0.39, 0.29) is 0 Å². The highest BCUT2D eigenvalue weighted by Crippen LogP contribution is 2.32. The Labute approximate surface area is 374 Å². The van der Waals surface area contributed by atoms with Gasteiger partial charge in [0.2, 0.25) is 0 Å². The molecule has 0 N–H and O–H groups in total. The van der Waals surface area contributed by atoms with Crippen molar-refractivity contribution < 1.29 is 0 Å². The predicted molar refractivity (Wildman–Crippen MR) is 268 cm³/mol. The van der Waals surface area contributed by atoms with Gasteiger partial charge < -0.3 is 0 Å². The first-order chi connectivity index (χ1) is 29.0. The average molecular weight is 984 g/mol. The van der Waals surface area contributed by atoms with E-state index in [1.165, 1.54) is 58.2 Å². The summed E-state index contributed by atoms with van der Waals surface area (Å²) in [7, 11) is -5.45. The van der Waals surface area contributed by atoms with E-state index in [4.69, 9.17) is 0 Å². The van der Waals surface area contributed by atoms with Crippen LogP contribution in [0.3, 0.4) is 0 Å². The highest BCUT2D eigenvalue weighted by molar-refractivity contribution is 9.11. The fourth-order valence-corrected chi connectivity index (χ4v) is 20.6. The van der Waals surface area contributed by atoms with E-state index in [9.17, 15) is 0 Å². The van der Waals surface area contributed by atoms with Crippen LogP contribution in [0.2, 0.25) is 0 Å². The fraction of sp³-hybridized carbons (Fsp3) is 0. The second-order valence-electron chi connectivity index (χ2n) is 14.8. The largest absolute Gasteiger partial charge is 0.179 e. The standard InChI is InChI=1S/C54H39Br3Si2/c55-43-20-15-31-50(37-43)58(45-22-5-1-6-23-45,46-24-7-2-8-25-46)49-30-14-18-41(36-49)40-17-13-19-42(35-40)53-34-33-52(39-54(53)57)59(47-26-9-3-10-27-47,48-28-11-4-12-29-48)51-32-16-21-44(56)38-51/h1-39H. The smallest absolute Gasteiger partial charge is 0.0623 e. The second kappa shape index (κ2) is 17.2. The molecular weight excluding hydrogens is 944 g/mol. The van der Waals surface area contributed by atoms with Crippen molar-refractivity contribution in [1.29, 1.82) is 0 Å². The summed E-state index contributed by atoms with van der Waals surface area (Å²) in [4.78, 5) is 0. The van der Waals surface area contributed by atoms with Gasteiger partial charge in [0, 0.05) is 13.4 Å². The zero-order valence-corrected chi connectivity index (χ0v) is 38.9. The Morgan fingerprint density at radius 1 is 0.237 bits per heavy atom. The quantitative estimate of drug-likeness (QED) is 0.0947. The Bertz CT molecular complexity index is 2780. The molecule has 0 nitrogen and oxygen atoms in total. The molecule has 0 aliphatic rings. The van der Waals surface area contributed by atoms with Crippen molar-refractivity contribution in [3.05, 3.63) is 250 Å². The van der Waals surface area contributed by atoms with Crippen LogP contribution in [-0.4, -0.2) is 16.1 Å². The lowest BCUT2D eigenvalue weighted by Crippen LogP contribution is -2.74. The number of benzene rings is 9. The number of hydrogen-bond acceptors (Lipinski definition) is 0. The molecule has 0 saturated heterocycles. The van der Waals surface area contributed by atoms with Gasteiger partial charge in [-0.05, 0) is 100 Å². The lowest BCUT2D eigenvalue weighted by atomic mass is 9.99. The lowest BCUT2D eigenvalue weighted by molar-refractivity contribution is 1.57. The van der Waals surface area contributed by atoms with Gasteiger partial charge in [0.05, 0.1) is 0 Å². The minimum absolute atomic E-state index is 1.08. The van der Waals surface area contributed by atoms with Crippen LogP contribution in [-0.2, 0) is 0 Å². The van der Waals surface area contributed by atoms with Crippen molar-refractivity contribution >= 4 is 105 Å². The lowest BCUT2D eigenvalue weighted by Gasteiger charge is -2.35. The van der Waals surface area contributed by atoms with Crippen LogP contribution in [0.5, 0.6) is 0 Å². The van der Waals surface area contributed by atoms with Crippen molar-refractivity contribution in [2.45, 2.75) is 0 Å². The highest BCUT2D eigenvalue weighted by atomic mass is 79.9. The van der Waals surface area contributed by atoms with Crippen LogP contribution in [0.25, 0.3) is 22.3 Å². The molecule has 0 aliphatic heterocycles. The molecule has 0 heterocycles. The first-order valence-corrected chi connectivity index (χ1v) is 26.1. The van der Waals surface area contributed by atoms with Gasteiger partial charge in [-0.1, -0.05) is 248 Å². The van der Waals surface area contributed by atoms with E-state index >= 15 is 0 Å². The molecule has 0 unspecified atom stereocenters. The molecule has 5 heteroatoms. The molecule has 0 saturated carbocycles. The van der Waals surface area contributed by atoms with Crippen LogP contribution in [0.15, 0.2) is 250 Å². The van der Waals surface area contributed by atoms with E-state index in [2.05, 4.69) is 284 Å². The average Bonchev–Trinajstić information content (AvgIpc) is 3.29. The van der Waals surface area contributed by atoms with Crippen LogP contribution in [0.1, 0.15) is 0 Å². The molecule has 0 aromatic heterocycles. The molecule has 59 heavy (non-hydrogen) atoms. The molecule has 0 spiro atoms. The zero-order chi connectivity index (χ0) is 40.2. The Balaban J connectivity index is 1.18. The van der Waals surface area contributed by atoms with Crippen molar-refractivity contribution in [2.75, 3.05) is 0 Å². The van der Waals surface area contributed by atoms with Gasteiger partial charge >= 0.3 is 0 Å². The number of halogens is 3. The SMILES string of the molecule is Brc1cccc([Si](c2ccccc2)(c2ccccc2)c2cccc(-c3cccc(-c4ccc([Si](c5ccccc5)(c5ccccc5)c5cccc(Br)c5)cc4Br)c3)c2)c1. The van der Waals surface area contributed by atoms with Crippen molar-refractivity contribution in [3.63, 3.8) is 0 Å². The number of hydrogen-bond donors (Lipinski definition) is 0. The molecule has 284 valence electrons. The molecule has 0 bridgehead atoms. The summed E-state index contributed by atoms with van der Waals surface area (Å²) in [5.74, 6) is 0. The number of rotatable bonds is 10. The summed E-state index contributed by atoms with van der Waals surface area (Å²) in [5, 5.41) is 10.7. The summed E-state index contributed by atoms with van der Waals surface area (Å²) in [6, 6.07) is 87.6. The van der Waals surface area contributed by atoms with Gasteiger partial charge in [-0.3, -0.25) is 0 Å².